The van der Waals surface area contributed by atoms with Gasteiger partial charge in [0.05, 0.1) is 6.42 Å². The fourth-order valence-electron chi connectivity index (χ4n) is 3.14. The van der Waals surface area contributed by atoms with Crippen molar-refractivity contribution in [2.45, 2.75) is 58.0 Å². The summed E-state index contributed by atoms with van der Waals surface area (Å²) in [6.45, 7) is 3.76. The van der Waals surface area contributed by atoms with Gasteiger partial charge in [-0.2, -0.15) is 0 Å². The highest BCUT2D eigenvalue weighted by molar-refractivity contribution is 5.99. The zero-order valence-electron chi connectivity index (χ0n) is 15.4. The Morgan fingerprint density at radius 1 is 1.16 bits per heavy atom. The van der Waals surface area contributed by atoms with Crippen molar-refractivity contribution in [2.75, 3.05) is 12.4 Å². The monoisotopic (exact) mass is 343 g/mol. The molecule has 0 unspecified atom stereocenters. The number of allylic oxidation sites excluding steroid dienone is 1. The summed E-state index contributed by atoms with van der Waals surface area (Å²) in [7, 11) is 1.89. The van der Waals surface area contributed by atoms with Crippen LogP contribution in [0.5, 0.6) is 0 Å². The van der Waals surface area contributed by atoms with Gasteiger partial charge < -0.3 is 16.0 Å². The molecule has 1 fully saturated rings. The van der Waals surface area contributed by atoms with Crippen LogP contribution < -0.4 is 11.1 Å². The minimum Gasteiger partial charge on any atom is -0.342 e. The van der Waals surface area contributed by atoms with E-state index in [0.717, 1.165) is 42.5 Å². The number of benzene rings is 1. The lowest BCUT2D eigenvalue weighted by molar-refractivity contribution is -0.131. The van der Waals surface area contributed by atoms with E-state index >= 15 is 0 Å². The molecular formula is C20H29N3O2. The molecule has 136 valence electrons. The smallest absolute Gasteiger partial charge is 0.248 e. The Labute approximate surface area is 150 Å². The van der Waals surface area contributed by atoms with Crippen molar-refractivity contribution in [3.8, 4) is 0 Å². The van der Waals surface area contributed by atoms with Gasteiger partial charge in [0, 0.05) is 30.9 Å². The molecular weight excluding hydrogens is 314 g/mol. The number of rotatable bonds is 5. The van der Waals surface area contributed by atoms with Crippen molar-refractivity contribution in [1.29, 1.82) is 0 Å². The van der Waals surface area contributed by atoms with E-state index in [2.05, 4.69) is 5.32 Å². The highest BCUT2D eigenvalue weighted by Gasteiger charge is 2.24. The second-order valence-corrected chi connectivity index (χ2v) is 7.16. The van der Waals surface area contributed by atoms with Gasteiger partial charge in [-0.25, -0.2) is 0 Å². The van der Waals surface area contributed by atoms with Crippen molar-refractivity contribution >= 4 is 17.5 Å². The second-order valence-electron chi connectivity index (χ2n) is 7.16. The molecule has 0 saturated heterocycles. The van der Waals surface area contributed by atoms with Crippen molar-refractivity contribution in [3.63, 3.8) is 0 Å². The van der Waals surface area contributed by atoms with E-state index in [1.54, 1.807) is 6.08 Å². The average Bonchev–Trinajstić information content (AvgIpc) is 2.56. The van der Waals surface area contributed by atoms with Crippen LogP contribution in [0.2, 0.25) is 0 Å². The molecule has 2 rings (SSSR count). The number of nitrogens with one attached hydrogen (secondary N) is 1. The molecule has 3 N–H and O–H groups in total. The van der Waals surface area contributed by atoms with Crippen molar-refractivity contribution in [3.05, 3.63) is 41.5 Å². The molecule has 0 aromatic heterocycles. The van der Waals surface area contributed by atoms with Gasteiger partial charge in [0.25, 0.3) is 0 Å². The van der Waals surface area contributed by atoms with Crippen molar-refractivity contribution in [1.82, 2.24) is 4.90 Å². The summed E-state index contributed by atoms with van der Waals surface area (Å²) in [5.41, 5.74) is 8.56. The van der Waals surface area contributed by atoms with E-state index < -0.39 is 0 Å². The van der Waals surface area contributed by atoms with Crippen LogP contribution in [0.4, 0.5) is 5.69 Å². The Morgan fingerprint density at radius 2 is 1.76 bits per heavy atom. The standard InChI is InChI=1S/C20H29N3O2/c1-14(2)12-19(24)22-17-8-4-15(5-9-17)13-20(25)23(3)18-10-6-16(21)7-11-18/h4-5,8-9,12,16,18H,6-7,10-11,13,21H2,1-3H3,(H,22,24). The Hall–Kier alpha value is -2.14. The van der Waals surface area contributed by atoms with Gasteiger partial charge in [-0.3, -0.25) is 9.59 Å². The van der Waals surface area contributed by atoms with E-state index in [4.69, 9.17) is 5.73 Å². The Kier molecular flexibility index (Phi) is 6.76. The summed E-state index contributed by atoms with van der Waals surface area (Å²) in [4.78, 5) is 26.1. The molecule has 0 atom stereocenters. The first-order valence-corrected chi connectivity index (χ1v) is 8.91. The number of amides is 2. The maximum atomic E-state index is 12.5. The molecule has 1 aliphatic rings. The third-order valence-corrected chi connectivity index (χ3v) is 4.68. The van der Waals surface area contributed by atoms with E-state index in [0.29, 0.717) is 12.5 Å². The fourth-order valence-corrected chi connectivity index (χ4v) is 3.14. The van der Waals surface area contributed by atoms with Crippen LogP contribution in [0.15, 0.2) is 35.9 Å². The van der Waals surface area contributed by atoms with Gasteiger partial charge in [0.1, 0.15) is 0 Å². The number of nitrogens with two attached hydrogens (primary N) is 1. The van der Waals surface area contributed by atoms with Gasteiger partial charge >= 0.3 is 0 Å². The third kappa shape index (κ3) is 6.02. The number of likely N-dealkylation sites (N-methyl/N-ethyl adjacent to an activating group) is 1. The molecule has 0 spiro atoms. The predicted octanol–water partition coefficient (Wildman–Crippen LogP) is 2.86. The number of carbonyl (C=O) groups is 2. The van der Waals surface area contributed by atoms with Crippen LogP contribution in [0, 0.1) is 0 Å². The number of anilines is 1. The minimum atomic E-state index is -0.140. The van der Waals surface area contributed by atoms with Crippen LogP contribution in [-0.4, -0.2) is 35.8 Å². The molecule has 0 heterocycles. The first-order valence-electron chi connectivity index (χ1n) is 8.91. The molecule has 25 heavy (non-hydrogen) atoms. The Balaban J connectivity index is 1.88. The van der Waals surface area contributed by atoms with E-state index in [1.807, 2.05) is 50.1 Å². The molecule has 5 heteroatoms. The largest absolute Gasteiger partial charge is 0.342 e. The number of nitrogens with zero attached hydrogens (tertiary/aromatic N) is 1. The summed E-state index contributed by atoms with van der Waals surface area (Å²) < 4.78 is 0. The Bertz CT molecular complexity index is 625. The third-order valence-electron chi connectivity index (χ3n) is 4.68. The Morgan fingerprint density at radius 3 is 2.32 bits per heavy atom. The van der Waals surface area contributed by atoms with E-state index in [-0.39, 0.29) is 17.9 Å². The lowest BCUT2D eigenvalue weighted by Crippen LogP contribution is -2.42. The molecule has 0 aliphatic heterocycles. The van der Waals surface area contributed by atoms with Crippen LogP contribution >= 0.6 is 0 Å². The summed E-state index contributed by atoms with van der Waals surface area (Å²) in [6, 6.07) is 8.03. The summed E-state index contributed by atoms with van der Waals surface area (Å²) >= 11 is 0. The molecule has 1 aromatic carbocycles. The number of carbonyl (C=O) groups excluding carboxylic acids is 2. The molecule has 0 bridgehead atoms. The van der Waals surface area contributed by atoms with Gasteiger partial charge in [-0.1, -0.05) is 17.7 Å². The number of hydrogen-bond acceptors (Lipinski definition) is 3. The molecule has 5 nitrogen and oxygen atoms in total. The van der Waals surface area contributed by atoms with E-state index in [9.17, 15) is 9.59 Å². The van der Waals surface area contributed by atoms with Crippen LogP contribution in [0.1, 0.15) is 45.1 Å². The summed E-state index contributed by atoms with van der Waals surface area (Å²) in [5, 5.41) is 2.81. The lowest BCUT2D eigenvalue weighted by Gasteiger charge is -2.33. The topological polar surface area (TPSA) is 75.4 Å². The SMILES string of the molecule is CC(C)=CC(=O)Nc1ccc(CC(=O)N(C)C2CCC(N)CC2)cc1. The molecule has 0 radical (unpaired) electrons. The van der Waals surface area contributed by atoms with Crippen molar-refractivity contribution in [2.24, 2.45) is 5.73 Å². The van der Waals surface area contributed by atoms with Gasteiger partial charge in [0.2, 0.25) is 11.8 Å². The highest BCUT2D eigenvalue weighted by Crippen LogP contribution is 2.22. The average molecular weight is 343 g/mol. The zero-order valence-corrected chi connectivity index (χ0v) is 15.4. The van der Waals surface area contributed by atoms with Gasteiger partial charge in [-0.05, 0) is 57.2 Å². The maximum Gasteiger partial charge on any atom is 0.248 e. The first kappa shape index (κ1) is 19.2. The van der Waals surface area contributed by atoms with Crippen LogP contribution in [0.3, 0.4) is 0 Å². The zero-order chi connectivity index (χ0) is 18.4. The van der Waals surface area contributed by atoms with Crippen LogP contribution in [-0.2, 0) is 16.0 Å². The molecule has 1 aromatic rings. The van der Waals surface area contributed by atoms with Crippen molar-refractivity contribution < 1.29 is 9.59 Å². The molecule has 2 amide bonds. The predicted molar refractivity (Wildman–Crippen MR) is 101 cm³/mol. The van der Waals surface area contributed by atoms with Gasteiger partial charge in [-0.15, -0.1) is 0 Å². The highest BCUT2D eigenvalue weighted by atomic mass is 16.2. The molecule has 1 aliphatic carbocycles. The minimum absolute atomic E-state index is 0.127. The first-order chi connectivity index (χ1) is 11.8. The number of hydrogen-bond donors (Lipinski definition) is 2. The normalized spacial score (nSPS) is 19.8. The maximum absolute atomic E-state index is 12.5. The summed E-state index contributed by atoms with van der Waals surface area (Å²) in [6.07, 6.45) is 5.88. The second kappa shape index (κ2) is 8.81. The quantitative estimate of drug-likeness (QED) is 0.807. The fraction of sp³-hybridized carbons (Fsp3) is 0.500. The van der Waals surface area contributed by atoms with Gasteiger partial charge in [0.15, 0.2) is 0 Å². The lowest BCUT2D eigenvalue weighted by atomic mass is 9.91. The van der Waals surface area contributed by atoms with Crippen LogP contribution in [0.25, 0.3) is 0 Å². The van der Waals surface area contributed by atoms with E-state index in [1.165, 1.54) is 0 Å². The summed E-state index contributed by atoms with van der Waals surface area (Å²) in [5.74, 6) is -0.0131. The molecule has 1 saturated carbocycles.